The lowest BCUT2D eigenvalue weighted by atomic mass is 9.86. The van der Waals surface area contributed by atoms with Crippen LogP contribution in [-0.2, 0) is 14.4 Å². The number of anilines is 1. The summed E-state index contributed by atoms with van der Waals surface area (Å²) in [5.41, 5.74) is 0.0822. The van der Waals surface area contributed by atoms with Crippen molar-refractivity contribution in [3.05, 3.63) is 28.3 Å². The number of nitro groups is 1. The number of oxime groups is 1. The molecule has 0 aromatic heterocycles. The molecule has 152 valence electrons. The topological polar surface area (TPSA) is 132 Å². The average Bonchev–Trinajstić information content (AvgIpc) is 2.67. The molecule has 28 heavy (non-hydrogen) atoms. The number of ether oxygens (including phenoxy) is 1. The van der Waals surface area contributed by atoms with Crippen molar-refractivity contribution in [3.63, 3.8) is 0 Å². The predicted octanol–water partition coefficient (Wildman–Crippen LogP) is 2.24. The molecular weight excluding hydrogens is 368 g/mol. The van der Waals surface area contributed by atoms with E-state index < -0.39 is 10.8 Å². The van der Waals surface area contributed by atoms with Gasteiger partial charge in [0.1, 0.15) is 12.0 Å². The van der Waals surface area contributed by atoms with Crippen LogP contribution in [0, 0.1) is 16.0 Å². The number of nitro benzene ring substituents is 1. The molecular formula is C18H24N4O6. The SMILES string of the molecule is COc1cc([N+](=O)[O-])ccc1NC(=O)/C=N\OCC(=O)N[C@H]1CCCC[C@H]1C. The van der Waals surface area contributed by atoms with Gasteiger partial charge in [-0.3, -0.25) is 19.7 Å². The smallest absolute Gasteiger partial charge is 0.273 e. The first-order valence-corrected chi connectivity index (χ1v) is 8.98. The largest absolute Gasteiger partial charge is 0.494 e. The molecule has 2 amide bonds. The molecule has 10 heteroatoms. The van der Waals surface area contributed by atoms with Crippen LogP contribution in [0.2, 0.25) is 0 Å². The Hall–Kier alpha value is -3.17. The number of nitrogens with zero attached hydrogens (tertiary/aromatic N) is 2. The summed E-state index contributed by atoms with van der Waals surface area (Å²) < 4.78 is 5.03. The van der Waals surface area contributed by atoms with Gasteiger partial charge in [0.05, 0.1) is 23.8 Å². The van der Waals surface area contributed by atoms with E-state index in [0.717, 1.165) is 25.5 Å². The molecule has 1 aromatic rings. The first kappa shape index (κ1) is 21.1. The minimum Gasteiger partial charge on any atom is -0.494 e. The zero-order valence-electron chi connectivity index (χ0n) is 15.8. The third-order valence-electron chi connectivity index (χ3n) is 4.55. The van der Waals surface area contributed by atoms with E-state index in [0.29, 0.717) is 5.92 Å². The third-order valence-corrected chi connectivity index (χ3v) is 4.55. The Morgan fingerprint density at radius 1 is 1.36 bits per heavy atom. The van der Waals surface area contributed by atoms with E-state index in [2.05, 4.69) is 22.7 Å². The molecule has 0 heterocycles. The number of methoxy groups -OCH3 is 1. The van der Waals surface area contributed by atoms with Gasteiger partial charge in [0.2, 0.25) is 0 Å². The zero-order chi connectivity index (χ0) is 20.5. The van der Waals surface area contributed by atoms with Crippen LogP contribution in [-0.4, -0.2) is 42.7 Å². The van der Waals surface area contributed by atoms with Crippen LogP contribution in [0.15, 0.2) is 23.4 Å². The van der Waals surface area contributed by atoms with Gasteiger partial charge in [-0.05, 0) is 24.8 Å². The van der Waals surface area contributed by atoms with Crippen LogP contribution in [0.1, 0.15) is 32.6 Å². The van der Waals surface area contributed by atoms with Crippen LogP contribution in [0.5, 0.6) is 5.75 Å². The predicted molar refractivity (Wildman–Crippen MR) is 102 cm³/mol. The highest BCUT2D eigenvalue weighted by Gasteiger charge is 2.22. The Morgan fingerprint density at radius 3 is 2.79 bits per heavy atom. The number of hydrogen-bond donors (Lipinski definition) is 2. The molecule has 2 N–H and O–H groups in total. The summed E-state index contributed by atoms with van der Waals surface area (Å²) >= 11 is 0. The molecule has 10 nitrogen and oxygen atoms in total. The summed E-state index contributed by atoms with van der Waals surface area (Å²) in [6, 6.07) is 3.93. The Balaban J connectivity index is 1.79. The van der Waals surface area contributed by atoms with E-state index in [1.165, 1.54) is 31.7 Å². The lowest BCUT2D eigenvalue weighted by Crippen LogP contribution is -2.42. The number of rotatable bonds is 8. The first-order chi connectivity index (χ1) is 13.4. The molecule has 1 fully saturated rings. The van der Waals surface area contributed by atoms with Crippen LogP contribution in [0.4, 0.5) is 11.4 Å². The van der Waals surface area contributed by atoms with Gasteiger partial charge < -0.3 is 20.2 Å². The van der Waals surface area contributed by atoms with Gasteiger partial charge in [0.25, 0.3) is 17.5 Å². The highest BCUT2D eigenvalue weighted by Crippen LogP contribution is 2.28. The number of amides is 2. The van der Waals surface area contributed by atoms with Crippen molar-refractivity contribution < 1.29 is 24.1 Å². The van der Waals surface area contributed by atoms with Crippen molar-refractivity contribution >= 4 is 29.4 Å². The molecule has 0 radical (unpaired) electrons. The first-order valence-electron chi connectivity index (χ1n) is 8.98. The van der Waals surface area contributed by atoms with Gasteiger partial charge in [-0.15, -0.1) is 0 Å². The molecule has 1 aliphatic carbocycles. The number of nitrogens with one attached hydrogen (secondary N) is 2. The number of non-ortho nitro benzene ring substituents is 1. The van der Waals surface area contributed by atoms with Crippen molar-refractivity contribution in [2.45, 2.75) is 38.6 Å². The summed E-state index contributed by atoms with van der Waals surface area (Å²) in [7, 11) is 1.33. The average molecular weight is 392 g/mol. The zero-order valence-corrected chi connectivity index (χ0v) is 15.8. The molecule has 0 bridgehead atoms. The fraction of sp³-hybridized carbons (Fsp3) is 0.500. The monoisotopic (exact) mass is 392 g/mol. The Kier molecular flexibility index (Phi) is 7.73. The molecule has 2 rings (SSSR count). The van der Waals surface area contributed by atoms with Gasteiger partial charge in [-0.2, -0.15) is 0 Å². The number of benzene rings is 1. The highest BCUT2D eigenvalue weighted by atomic mass is 16.6. The van der Waals surface area contributed by atoms with Crippen LogP contribution in [0.25, 0.3) is 0 Å². The Bertz CT molecular complexity index is 752. The fourth-order valence-electron chi connectivity index (χ4n) is 3.02. The summed E-state index contributed by atoms with van der Waals surface area (Å²) in [4.78, 5) is 38.8. The molecule has 0 aliphatic heterocycles. The second-order valence-corrected chi connectivity index (χ2v) is 6.57. The quantitative estimate of drug-likeness (QED) is 0.396. The van der Waals surface area contributed by atoms with Crippen LogP contribution >= 0.6 is 0 Å². The maximum Gasteiger partial charge on any atom is 0.273 e. The summed E-state index contributed by atoms with van der Waals surface area (Å²) in [6.45, 7) is 1.83. The van der Waals surface area contributed by atoms with E-state index >= 15 is 0 Å². The minimum absolute atomic E-state index is 0.137. The standard InChI is InChI=1S/C18H24N4O6/c1-12-5-3-4-6-14(12)20-18(24)11-28-19-10-17(23)21-15-8-7-13(22(25)26)9-16(15)27-2/h7-10,12,14H,3-6,11H2,1-2H3,(H,20,24)(H,21,23)/b19-10-/t12-,14+/m1/s1. The van der Waals surface area contributed by atoms with E-state index in [1.54, 1.807) is 0 Å². The Labute approximate surface area is 162 Å². The normalized spacial score (nSPS) is 19.1. The van der Waals surface area contributed by atoms with E-state index in [1.807, 2.05) is 0 Å². The van der Waals surface area contributed by atoms with Crippen molar-refractivity contribution in [3.8, 4) is 5.75 Å². The fourth-order valence-corrected chi connectivity index (χ4v) is 3.02. The molecule has 0 unspecified atom stereocenters. The molecule has 2 atom stereocenters. The van der Waals surface area contributed by atoms with E-state index in [9.17, 15) is 19.7 Å². The number of carbonyl (C=O) groups is 2. The second-order valence-electron chi connectivity index (χ2n) is 6.57. The number of hydrogen-bond acceptors (Lipinski definition) is 7. The molecule has 1 saturated carbocycles. The van der Waals surface area contributed by atoms with Gasteiger partial charge in [-0.25, -0.2) is 0 Å². The van der Waals surface area contributed by atoms with Crippen LogP contribution < -0.4 is 15.4 Å². The van der Waals surface area contributed by atoms with Gasteiger partial charge in [0.15, 0.2) is 6.61 Å². The maximum absolute atomic E-state index is 11.9. The van der Waals surface area contributed by atoms with Gasteiger partial charge in [0, 0.05) is 12.1 Å². The van der Waals surface area contributed by atoms with Crippen molar-refractivity contribution in [1.29, 1.82) is 0 Å². The van der Waals surface area contributed by atoms with E-state index in [4.69, 9.17) is 9.57 Å². The highest BCUT2D eigenvalue weighted by molar-refractivity contribution is 6.31. The molecule has 0 saturated heterocycles. The molecule has 1 aromatic carbocycles. The van der Waals surface area contributed by atoms with Gasteiger partial charge in [-0.1, -0.05) is 24.9 Å². The van der Waals surface area contributed by atoms with Crippen molar-refractivity contribution in [2.75, 3.05) is 19.0 Å². The lowest BCUT2D eigenvalue weighted by Gasteiger charge is -2.29. The summed E-state index contributed by atoms with van der Waals surface area (Å²) in [6.07, 6.45) is 5.20. The minimum atomic E-state index is -0.631. The number of carbonyl (C=O) groups excluding carboxylic acids is 2. The summed E-state index contributed by atoms with van der Waals surface area (Å²) in [5, 5.41) is 19.6. The maximum atomic E-state index is 11.9. The van der Waals surface area contributed by atoms with Gasteiger partial charge >= 0.3 is 0 Å². The van der Waals surface area contributed by atoms with E-state index in [-0.39, 0.29) is 35.7 Å². The second kappa shape index (κ2) is 10.2. The van der Waals surface area contributed by atoms with Crippen molar-refractivity contribution in [2.24, 2.45) is 11.1 Å². The third kappa shape index (κ3) is 6.22. The lowest BCUT2D eigenvalue weighted by molar-refractivity contribution is -0.384. The molecule has 0 spiro atoms. The van der Waals surface area contributed by atoms with Crippen molar-refractivity contribution in [1.82, 2.24) is 5.32 Å². The Morgan fingerprint density at radius 2 is 2.11 bits per heavy atom. The molecule has 1 aliphatic rings. The summed E-state index contributed by atoms with van der Waals surface area (Å²) in [5.74, 6) is -0.344. The van der Waals surface area contributed by atoms with Crippen LogP contribution in [0.3, 0.4) is 0 Å².